The molecule has 0 aliphatic carbocycles. The van der Waals surface area contributed by atoms with Gasteiger partial charge in [0.1, 0.15) is 17.3 Å². The highest BCUT2D eigenvalue weighted by molar-refractivity contribution is 5.97. The molecule has 6 heteroatoms. The highest BCUT2D eigenvalue weighted by Crippen LogP contribution is 2.23. The minimum Gasteiger partial charge on any atom is -0.497 e. The number of amides is 1. The van der Waals surface area contributed by atoms with Crippen molar-refractivity contribution in [3.05, 3.63) is 53.9 Å². The van der Waals surface area contributed by atoms with Crippen LogP contribution in [0.5, 0.6) is 11.5 Å². The number of hydrogen-bond acceptors (Lipinski definition) is 4. The summed E-state index contributed by atoms with van der Waals surface area (Å²) in [5.74, 6) is 1.86. The molecule has 1 amide bonds. The number of nitrogens with zero attached hydrogens (tertiary/aromatic N) is 2. The second-order valence-electron chi connectivity index (χ2n) is 5.62. The molecular formula is C19H21N3O3. The molecule has 25 heavy (non-hydrogen) atoms. The van der Waals surface area contributed by atoms with E-state index in [1.807, 2.05) is 31.2 Å². The first-order valence-electron chi connectivity index (χ1n) is 8.06. The van der Waals surface area contributed by atoms with Crippen molar-refractivity contribution < 1.29 is 14.3 Å². The molecule has 0 aliphatic heterocycles. The summed E-state index contributed by atoms with van der Waals surface area (Å²) in [5.41, 5.74) is 2.48. The van der Waals surface area contributed by atoms with Gasteiger partial charge < -0.3 is 19.4 Å². The number of aromatic nitrogens is 2. The van der Waals surface area contributed by atoms with Crippen molar-refractivity contribution in [3.63, 3.8) is 0 Å². The van der Waals surface area contributed by atoms with E-state index in [0.29, 0.717) is 30.2 Å². The number of hydrogen-bond donors (Lipinski definition) is 1. The molecule has 0 atom stereocenters. The summed E-state index contributed by atoms with van der Waals surface area (Å²) in [6.45, 7) is 3.09. The maximum atomic E-state index is 12.5. The fourth-order valence-corrected chi connectivity index (χ4v) is 2.85. The Morgan fingerprint density at radius 1 is 1.16 bits per heavy atom. The van der Waals surface area contributed by atoms with Gasteiger partial charge in [-0.05, 0) is 37.3 Å². The number of aryl methyl sites for hydroxylation is 1. The molecule has 0 radical (unpaired) electrons. The zero-order valence-electron chi connectivity index (χ0n) is 14.6. The van der Waals surface area contributed by atoms with Gasteiger partial charge in [-0.3, -0.25) is 4.79 Å². The molecule has 130 valence electrons. The molecule has 1 N–H and O–H groups in total. The lowest BCUT2D eigenvalue weighted by molar-refractivity contribution is 0.0949. The van der Waals surface area contributed by atoms with E-state index < -0.39 is 0 Å². The Morgan fingerprint density at radius 3 is 2.72 bits per heavy atom. The SMILES string of the molecule is COc1ccc(OC)c(C(=O)NCCn2c(C)nc3ccccc32)c1. The van der Waals surface area contributed by atoms with E-state index in [-0.39, 0.29) is 5.91 Å². The molecular weight excluding hydrogens is 318 g/mol. The first kappa shape index (κ1) is 16.8. The van der Waals surface area contributed by atoms with Gasteiger partial charge in [-0.15, -0.1) is 0 Å². The van der Waals surface area contributed by atoms with Crippen LogP contribution in [0.1, 0.15) is 16.2 Å². The van der Waals surface area contributed by atoms with E-state index in [1.54, 1.807) is 32.4 Å². The minimum atomic E-state index is -0.196. The van der Waals surface area contributed by atoms with Crippen LogP contribution in [0.15, 0.2) is 42.5 Å². The van der Waals surface area contributed by atoms with E-state index >= 15 is 0 Å². The third-order valence-electron chi connectivity index (χ3n) is 4.12. The zero-order valence-corrected chi connectivity index (χ0v) is 14.6. The molecule has 0 saturated carbocycles. The van der Waals surface area contributed by atoms with Gasteiger partial charge in [-0.1, -0.05) is 12.1 Å². The summed E-state index contributed by atoms with van der Waals surface area (Å²) >= 11 is 0. The van der Waals surface area contributed by atoms with Crippen molar-refractivity contribution in [2.24, 2.45) is 0 Å². The zero-order chi connectivity index (χ0) is 17.8. The average Bonchev–Trinajstić information content (AvgIpc) is 2.96. The summed E-state index contributed by atoms with van der Waals surface area (Å²) in [6, 6.07) is 13.1. The van der Waals surface area contributed by atoms with Gasteiger partial charge in [0.2, 0.25) is 0 Å². The highest BCUT2D eigenvalue weighted by atomic mass is 16.5. The number of nitrogens with one attached hydrogen (secondary N) is 1. The van der Waals surface area contributed by atoms with Crippen molar-refractivity contribution in [3.8, 4) is 11.5 Å². The Morgan fingerprint density at radius 2 is 1.96 bits per heavy atom. The summed E-state index contributed by atoms with van der Waals surface area (Å²) in [6.07, 6.45) is 0. The van der Waals surface area contributed by atoms with Crippen LogP contribution in [-0.4, -0.2) is 36.2 Å². The fourth-order valence-electron chi connectivity index (χ4n) is 2.85. The number of fused-ring (bicyclic) bond motifs is 1. The Bertz CT molecular complexity index is 902. The Balaban J connectivity index is 1.71. The fraction of sp³-hybridized carbons (Fsp3) is 0.263. The first-order chi connectivity index (χ1) is 12.1. The molecule has 0 spiro atoms. The van der Waals surface area contributed by atoms with Gasteiger partial charge in [-0.25, -0.2) is 4.98 Å². The van der Waals surface area contributed by atoms with E-state index in [1.165, 1.54) is 0 Å². The number of ether oxygens (including phenoxy) is 2. The van der Waals surface area contributed by atoms with Gasteiger partial charge in [0, 0.05) is 13.1 Å². The molecule has 0 fully saturated rings. The monoisotopic (exact) mass is 339 g/mol. The molecule has 0 bridgehead atoms. The minimum absolute atomic E-state index is 0.196. The van der Waals surface area contributed by atoms with E-state index in [4.69, 9.17) is 9.47 Å². The van der Waals surface area contributed by atoms with Crippen LogP contribution < -0.4 is 14.8 Å². The molecule has 1 heterocycles. The number of carbonyl (C=O) groups is 1. The summed E-state index contributed by atoms with van der Waals surface area (Å²) in [4.78, 5) is 17.0. The quantitative estimate of drug-likeness (QED) is 0.750. The highest BCUT2D eigenvalue weighted by Gasteiger charge is 2.14. The number of imidazole rings is 1. The molecule has 0 unspecified atom stereocenters. The lowest BCUT2D eigenvalue weighted by Crippen LogP contribution is -2.27. The van der Waals surface area contributed by atoms with Crippen LogP contribution in [0.3, 0.4) is 0 Å². The van der Waals surface area contributed by atoms with Crippen molar-refractivity contribution >= 4 is 16.9 Å². The van der Waals surface area contributed by atoms with E-state index in [2.05, 4.69) is 14.9 Å². The standard InChI is InChI=1S/C19H21N3O3/c1-13-21-16-6-4-5-7-17(16)22(13)11-10-20-19(23)15-12-14(24-2)8-9-18(15)25-3/h4-9,12H,10-11H2,1-3H3,(H,20,23). The van der Waals surface area contributed by atoms with Gasteiger partial charge in [0.05, 0.1) is 30.8 Å². The first-order valence-corrected chi connectivity index (χ1v) is 8.06. The van der Waals surface area contributed by atoms with Crippen LogP contribution in [0, 0.1) is 6.92 Å². The smallest absolute Gasteiger partial charge is 0.255 e. The van der Waals surface area contributed by atoms with Crippen LogP contribution in [0.4, 0.5) is 0 Å². The molecule has 1 aromatic heterocycles. The lowest BCUT2D eigenvalue weighted by Gasteiger charge is -2.12. The van der Waals surface area contributed by atoms with Crippen LogP contribution >= 0.6 is 0 Å². The van der Waals surface area contributed by atoms with Crippen molar-refractivity contribution in [1.29, 1.82) is 0 Å². The molecule has 3 rings (SSSR count). The third-order valence-corrected chi connectivity index (χ3v) is 4.12. The van der Waals surface area contributed by atoms with Gasteiger partial charge in [-0.2, -0.15) is 0 Å². The third kappa shape index (κ3) is 3.42. The van der Waals surface area contributed by atoms with Crippen molar-refractivity contribution in [2.45, 2.75) is 13.5 Å². The number of benzene rings is 2. The maximum absolute atomic E-state index is 12.5. The number of para-hydroxylation sites is 2. The predicted octanol–water partition coefficient (Wildman–Crippen LogP) is 2.79. The maximum Gasteiger partial charge on any atom is 0.255 e. The van der Waals surface area contributed by atoms with Crippen molar-refractivity contribution in [2.75, 3.05) is 20.8 Å². The van der Waals surface area contributed by atoms with E-state index in [9.17, 15) is 4.79 Å². The van der Waals surface area contributed by atoms with Gasteiger partial charge in [0.25, 0.3) is 5.91 Å². The summed E-state index contributed by atoms with van der Waals surface area (Å²) < 4.78 is 12.5. The van der Waals surface area contributed by atoms with E-state index in [0.717, 1.165) is 16.9 Å². The van der Waals surface area contributed by atoms with Crippen LogP contribution in [-0.2, 0) is 6.54 Å². The van der Waals surface area contributed by atoms with Crippen LogP contribution in [0.2, 0.25) is 0 Å². The Hall–Kier alpha value is -3.02. The molecule has 6 nitrogen and oxygen atoms in total. The number of carbonyl (C=O) groups excluding carboxylic acids is 1. The van der Waals surface area contributed by atoms with Gasteiger partial charge in [0.15, 0.2) is 0 Å². The normalized spacial score (nSPS) is 10.7. The molecule has 0 saturated heterocycles. The average molecular weight is 339 g/mol. The number of methoxy groups -OCH3 is 2. The molecule has 0 aliphatic rings. The lowest BCUT2D eigenvalue weighted by atomic mass is 10.1. The molecule has 3 aromatic rings. The van der Waals surface area contributed by atoms with Gasteiger partial charge >= 0.3 is 0 Å². The Kier molecular flexibility index (Phi) is 4.88. The Labute approximate surface area is 146 Å². The summed E-state index contributed by atoms with van der Waals surface area (Å²) in [7, 11) is 3.11. The second-order valence-corrected chi connectivity index (χ2v) is 5.62. The largest absolute Gasteiger partial charge is 0.497 e. The topological polar surface area (TPSA) is 65.4 Å². The number of rotatable bonds is 6. The van der Waals surface area contributed by atoms with Crippen LogP contribution in [0.25, 0.3) is 11.0 Å². The molecule has 2 aromatic carbocycles. The van der Waals surface area contributed by atoms with Crippen molar-refractivity contribution in [1.82, 2.24) is 14.9 Å². The predicted molar refractivity (Wildman–Crippen MR) is 96.3 cm³/mol. The second kappa shape index (κ2) is 7.25. The summed E-state index contributed by atoms with van der Waals surface area (Å²) in [5, 5.41) is 2.93.